The van der Waals surface area contributed by atoms with E-state index in [1.807, 2.05) is 36.4 Å². The van der Waals surface area contributed by atoms with E-state index in [4.69, 9.17) is 0 Å². The highest BCUT2D eigenvalue weighted by Crippen LogP contribution is 2.44. The molecule has 0 fully saturated rings. The second-order valence-electron chi connectivity index (χ2n) is 10.1. The number of fused-ring (bicyclic) bond motifs is 11. The van der Waals surface area contributed by atoms with Crippen LogP contribution in [0.15, 0.2) is 91.0 Å². The quantitative estimate of drug-likeness (QED) is 0.268. The Morgan fingerprint density at radius 2 is 1.34 bits per heavy atom. The van der Waals surface area contributed by atoms with Crippen LogP contribution in [-0.2, 0) is 13.0 Å². The number of carbonyl (C=O) groups is 2. The van der Waals surface area contributed by atoms with Crippen LogP contribution in [0.1, 0.15) is 26.3 Å². The van der Waals surface area contributed by atoms with Crippen LogP contribution in [0.5, 0.6) is 0 Å². The van der Waals surface area contributed by atoms with E-state index in [1.54, 1.807) is 7.05 Å². The van der Waals surface area contributed by atoms with E-state index >= 15 is 0 Å². The van der Waals surface area contributed by atoms with Crippen molar-refractivity contribution < 1.29 is 9.59 Å². The van der Waals surface area contributed by atoms with E-state index in [-0.39, 0.29) is 11.8 Å². The number of hydrogen-bond acceptors (Lipinski definition) is 2. The van der Waals surface area contributed by atoms with Crippen LogP contribution in [0, 0.1) is 0 Å². The molecular formula is C33H23N3O2. The molecule has 1 aliphatic rings. The average molecular weight is 494 g/mol. The van der Waals surface area contributed by atoms with Crippen LogP contribution in [-0.4, -0.2) is 33.3 Å². The van der Waals surface area contributed by atoms with Crippen LogP contribution in [0.25, 0.3) is 54.4 Å². The number of nitrogens with one attached hydrogen (secondary N) is 1. The molecule has 0 saturated carbocycles. The average Bonchev–Trinajstić information content (AvgIpc) is 3.57. The van der Waals surface area contributed by atoms with E-state index in [1.165, 1.54) is 21.2 Å². The molecule has 0 spiro atoms. The summed E-state index contributed by atoms with van der Waals surface area (Å²) < 4.78 is 2.33. The lowest BCUT2D eigenvalue weighted by atomic mass is 9.96. The predicted molar refractivity (Wildman–Crippen MR) is 153 cm³/mol. The summed E-state index contributed by atoms with van der Waals surface area (Å²) >= 11 is 0. The molecule has 3 heterocycles. The monoisotopic (exact) mass is 493 g/mol. The van der Waals surface area contributed by atoms with Gasteiger partial charge in [0.1, 0.15) is 0 Å². The molecule has 2 amide bonds. The molecule has 182 valence electrons. The zero-order valence-electron chi connectivity index (χ0n) is 20.8. The van der Waals surface area contributed by atoms with Gasteiger partial charge in [-0.25, -0.2) is 0 Å². The van der Waals surface area contributed by atoms with Crippen molar-refractivity contribution in [1.82, 2.24) is 14.5 Å². The van der Waals surface area contributed by atoms with E-state index in [0.717, 1.165) is 56.6 Å². The highest BCUT2D eigenvalue weighted by molar-refractivity contribution is 6.39. The van der Waals surface area contributed by atoms with Gasteiger partial charge in [-0.15, -0.1) is 0 Å². The summed E-state index contributed by atoms with van der Waals surface area (Å²) in [5, 5.41) is 6.14. The standard InChI is InChI=1S/C33H23N3O2/c1-35-32(37)28-26-22-13-4-6-15-24(22)34-30(26)31-27(29(28)33(35)38)23-14-5-7-16-25(23)36(31)18-17-20-11-8-10-19-9-2-3-12-21(19)20/h2-16,34H,17-18H2,1H3. The van der Waals surface area contributed by atoms with Crippen molar-refractivity contribution >= 4 is 66.2 Å². The number of rotatable bonds is 3. The van der Waals surface area contributed by atoms with Gasteiger partial charge >= 0.3 is 0 Å². The first kappa shape index (κ1) is 21.2. The van der Waals surface area contributed by atoms with Gasteiger partial charge in [-0.05, 0) is 34.9 Å². The van der Waals surface area contributed by atoms with Crippen molar-refractivity contribution in [2.45, 2.75) is 13.0 Å². The lowest BCUT2D eigenvalue weighted by molar-refractivity contribution is 0.0694. The number of amides is 2. The molecule has 1 N–H and O–H groups in total. The third-order valence-corrected chi connectivity index (χ3v) is 8.19. The van der Waals surface area contributed by atoms with Gasteiger partial charge in [-0.1, -0.05) is 78.9 Å². The molecule has 5 aromatic carbocycles. The number of para-hydroxylation sites is 2. The lowest BCUT2D eigenvalue weighted by Crippen LogP contribution is -2.24. The van der Waals surface area contributed by atoms with Gasteiger partial charge in [0.2, 0.25) is 0 Å². The molecule has 0 aliphatic carbocycles. The van der Waals surface area contributed by atoms with Crippen molar-refractivity contribution in [2.75, 3.05) is 7.05 Å². The molecule has 0 radical (unpaired) electrons. The summed E-state index contributed by atoms with van der Waals surface area (Å²) in [6.45, 7) is 0.735. The van der Waals surface area contributed by atoms with Crippen molar-refractivity contribution in [1.29, 1.82) is 0 Å². The third-order valence-electron chi connectivity index (χ3n) is 8.19. The summed E-state index contributed by atoms with van der Waals surface area (Å²) in [6.07, 6.45) is 0.834. The van der Waals surface area contributed by atoms with Crippen LogP contribution in [0.2, 0.25) is 0 Å². The van der Waals surface area contributed by atoms with Crippen LogP contribution in [0.3, 0.4) is 0 Å². The normalized spacial score (nSPS) is 13.7. The fourth-order valence-corrected chi connectivity index (χ4v) is 6.48. The maximum Gasteiger partial charge on any atom is 0.262 e. The number of aryl methyl sites for hydroxylation is 2. The van der Waals surface area contributed by atoms with E-state index in [9.17, 15) is 9.59 Å². The number of aromatic nitrogens is 2. The summed E-state index contributed by atoms with van der Waals surface area (Å²) in [7, 11) is 1.58. The molecule has 2 aromatic heterocycles. The molecule has 5 heteroatoms. The Morgan fingerprint density at radius 3 is 2.18 bits per heavy atom. The SMILES string of the molecule is CN1C(=O)c2c(c3c4ccccc4n(CCc4cccc5ccccc45)c3c3[nH]c4ccccc4c23)C1=O. The van der Waals surface area contributed by atoms with Crippen molar-refractivity contribution in [3.63, 3.8) is 0 Å². The van der Waals surface area contributed by atoms with E-state index in [0.29, 0.717) is 11.1 Å². The second kappa shape index (κ2) is 7.56. The topological polar surface area (TPSA) is 58.1 Å². The fraction of sp³-hybridized carbons (Fsp3) is 0.0909. The molecule has 0 atom stereocenters. The molecule has 0 bridgehead atoms. The maximum absolute atomic E-state index is 13.6. The Kier molecular flexibility index (Phi) is 4.22. The molecule has 7 aromatic rings. The summed E-state index contributed by atoms with van der Waals surface area (Å²) in [5.41, 5.74) is 6.22. The number of benzene rings is 5. The van der Waals surface area contributed by atoms with Crippen molar-refractivity contribution in [3.05, 3.63) is 108 Å². The summed E-state index contributed by atoms with van der Waals surface area (Å²) in [4.78, 5) is 31.9. The molecule has 0 unspecified atom stereocenters. The number of nitrogens with zero attached hydrogens (tertiary/aromatic N) is 2. The number of imide groups is 1. The minimum absolute atomic E-state index is 0.237. The summed E-state index contributed by atoms with van der Waals surface area (Å²) in [6, 6.07) is 31.2. The third kappa shape index (κ3) is 2.65. The zero-order valence-corrected chi connectivity index (χ0v) is 20.8. The van der Waals surface area contributed by atoms with Crippen LogP contribution >= 0.6 is 0 Å². The Morgan fingerprint density at radius 1 is 0.684 bits per heavy atom. The van der Waals surface area contributed by atoms with Gasteiger partial charge in [0.05, 0.1) is 22.2 Å². The molecule has 38 heavy (non-hydrogen) atoms. The van der Waals surface area contributed by atoms with Crippen LogP contribution in [0.4, 0.5) is 0 Å². The van der Waals surface area contributed by atoms with Crippen molar-refractivity contribution in [2.24, 2.45) is 0 Å². The molecular weight excluding hydrogens is 470 g/mol. The number of aromatic amines is 1. The molecule has 1 aliphatic heterocycles. The second-order valence-corrected chi connectivity index (χ2v) is 10.1. The van der Waals surface area contributed by atoms with Gasteiger partial charge in [0.25, 0.3) is 11.8 Å². The minimum Gasteiger partial charge on any atom is -0.353 e. The number of carbonyl (C=O) groups excluding carboxylic acids is 2. The minimum atomic E-state index is -0.241. The number of H-pyrrole nitrogens is 1. The molecule has 8 rings (SSSR count). The number of hydrogen-bond donors (Lipinski definition) is 1. The van der Waals surface area contributed by atoms with Gasteiger partial charge in [-0.3, -0.25) is 14.5 Å². The predicted octanol–water partition coefficient (Wildman–Crippen LogP) is 7.05. The van der Waals surface area contributed by atoms with Gasteiger partial charge in [0.15, 0.2) is 0 Å². The van der Waals surface area contributed by atoms with E-state index in [2.05, 4.69) is 64.1 Å². The van der Waals surface area contributed by atoms with Gasteiger partial charge in [0, 0.05) is 46.2 Å². The molecule has 0 saturated heterocycles. The largest absolute Gasteiger partial charge is 0.353 e. The fourth-order valence-electron chi connectivity index (χ4n) is 6.48. The van der Waals surface area contributed by atoms with E-state index < -0.39 is 0 Å². The Hall–Kier alpha value is -4.90. The molecule has 5 nitrogen and oxygen atoms in total. The first-order valence-corrected chi connectivity index (χ1v) is 12.9. The van der Waals surface area contributed by atoms with Crippen LogP contribution < -0.4 is 0 Å². The Balaban J connectivity index is 1.49. The summed E-state index contributed by atoms with van der Waals surface area (Å²) in [5.74, 6) is -0.478. The van der Waals surface area contributed by atoms with Crippen molar-refractivity contribution in [3.8, 4) is 0 Å². The van der Waals surface area contributed by atoms with Gasteiger partial charge in [-0.2, -0.15) is 0 Å². The first-order valence-electron chi connectivity index (χ1n) is 12.9. The highest BCUT2D eigenvalue weighted by atomic mass is 16.2. The maximum atomic E-state index is 13.6. The Labute approximate surface area is 217 Å². The smallest absolute Gasteiger partial charge is 0.262 e. The van der Waals surface area contributed by atoms with Gasteiger partial charge < -0.3 is 9.55 Å². The highest BCUT2D eigenvalue weighted by Gasteiger charge is 2.39. The Bertz CT molecular complexity index is 2140. The first-order chi connectivity index (χ1) is 18.6. The zero-order chi connectivity index (χ0) is 25.5. The lowest BCUT2D eigenvalue weighted by Gasteiger charge is -2.11.